The number of aryl methyl sites for hydroxylation is 1. The van der Waals surface area contributed by atoms with Crippen LogP contribution in [0.15, 0.2) is 28.7 Å². The first-order valence-electron chi connectivity index (χ1n) is 6.20. The Morgan fingerprint density at radius 2 is 2.11 bits per heavy atom. The van der Waals surface area contributed by atoms with Gasteiger partial charge in [-0.2, -0.15) is 9.61 Å². The maximum absolute atomic E-state index is 5.59. The van der Waals surface area contributed by atoms with Gasteiger partial charge < -0.3 is 9.73 Å². The summed E-state index contributed by atoms with van der Waals surface area (Å²) in [5.41, 5.74) is 1.53. The summed E-state index contributed by atoms with van der Waals surface area (Å²) < 4.78 is 7.36. The van der Waals surface area contributed by atoms with E-state index in [-0.39, 0.29) is 0 Å². The molecule has 1 N–H and O–H groups in total. The third-order valence-corrected chi connectivity index (χ3v) is 2.92. The minimum absolute atomic E-state index is 0.748. The molecule has 19 heavy (non-hydrogen) atoms. The minimum atomic E-state index is 0.748. The van der Waals surface area contributed by atoms with Gasteiger partial charge in [0, 0.05) is 13.0 Å². The zero-order chi connectivity index (χ0) is 13.2. The van der Waals surface area contributed by atoms with Crippen molar-refractivity contribution in [3.63, 3.8) is 0 Å². The van der Waals surface area contributed by atoms with Gasteiger partial charge in [0.15, 0.2) is 17.2 Å². The lowest BCUT2D eigenvalue weighted by atomic mass is 10.3. The average molecular weight is 257 g/mol. The van der Waals surface area contributed by atoms with Gasteiger partial charge in [-0.1, -0.05) is 0 Å². The van der Waals surface area contributed by atoms with Crippen LogP contribution in [0.5, 0.6) is 0 Å². The Labute approximate surface area is 110 Å². The van der Waals surface area contributed by atoms with E-state index >= 15 is 0 Å². The molecule has 6 nitrogen and oxygen atoms in total. The molecule has 3 heterocycles. The van der Waals surface area contributed by atoms with E-state index in [1.165, 1.54) is 0 Å². The van der Waals surface area contributed by atoms with Gasteiger partial charge in [-0.15, -0.1) is 10.2 Å². The van der Waals surface area contributed by atoms with Crippen LogP contribution in [-0.2, 0) is 6.42 Å². The topological polar surface area (TPSA) is 68.2 Å². The first-order valence-corrected chi connectivity index (χ1v) is 6.20. The number of furan rings is 1. The van der Waals surface area contributed by atoms with E-state index in [0.29, 0.717) is 0 Å². The first-order chi connectivity index (χ1) is 9.28. The second-order valence-corrected chi connectivity index (χ2v) is 4.37. The van der Waals surface area contributed by atoms with Crippen LogP contribution in [0.2, 0.25) is 0 Å². The summed E-state index contributed by atoms with van der Waals surface area (Å²) in [6.07, 6.45) is 0.783. The van der Waals surface area contributed by atoms with Crippen LogP contribution < -0.4 is 5.32 Å². The normalized spacial score (nSPS) is 11.3. The van der Waals surface area contributed by atoms with Gasteiger partial charge in [0.05, 0.1) is 0 Å². The molecule has 0 saturated carbocycles. The molecule has 0 aliphatic heterocycles. The smallest absolute Gasteiger partial charge is 0.177 e. The highest BCUT2D eigenvalue weighted by Gasteiger charge is 2.10. The third kappa shape index (κ3) is 2.22. The molecule has 0 bridgehead atoms. The maximum Gasteiger partial charge on any atom is 0.177 e. The Kier molecular flexibility index (Phi) is 3.00. The molecule has 3 rings (SSSR count). The molecule has 3 aromatic rings. The van der Waals surface area contributed by atoms with E-state index in [1.807, 2.05) is 38.2 Å². The molecule has 0 atom stereocenters. The number of hydrogen-bond donors (Lipinski definition) is 1. The van der Waals surface area contributed by atoms with Gasteiger partial charge >= 0.3 is 0 Å². The van der Waals surface area contributed by atoms with Crippen molar-refractivity contribution in [3.05, 3.63) is 35.9 Å². The van der Waals surface area contributed by atoms with Crippen molar-refractivity contribution in [1.29, 1.82) is 0 Å². The van der Waals surface area contributed by atoms with Gasteiger partial charge in [0.25, 0.3) is 0 Å². The highest BCUT2D eigenvalue weighted by atomic mass is 16.3. The zero-order valence-corrected chi connectivity index (χ0v) is 10.9. The van der Waals surface area contributed by atoms with Crippen LogP contribution in [0.3, 0.4) is 0 Å². The van der Waals surface area contributed by atoms with Gasteiger partial charge in [0.2, 0.25) is 0 Å². The van der Waals surface area contributed by atoms with E-state index in [1.54, 1.807) is 4.52 Å². The zero-order valence-electron chi connectivity index (χ0n) is 10.9. The number of nitrogens with one attached hydrogen (secondary N) is 1. The molecule has 98 valence electrons. The molecule has 0 fully saturated rings. The number of rotatable bonds is 4. The summed E-state index contributed by atoms with van der Waals surface area (Å²) in [7, 11) is 1.91. The van der Waals surface area contributed by atoms with E-state index in [4.69, 9.17) is 4.42 Å². The fourth-order valence-corrected chi connectivity index (χ4v) is 1.93. The lowest BCUT2D eigenvalue weighted by Crippen LogP contribution is -2.13. The van der Waals surface area contributed by atoms with Gasteiger partial charge in [-0.25, -0.2) is 0 Å². The Hall–Kier alpha value is -2.21. The Morgan fingerprint density at radius 3 is 2.84 bits per heavy atom. The van der Waals surface area contributed by atoms with Crippen molar-refractivity contribution in [2.75, 3.05) is 13.6 Å². The van der Waals surface area contributed by atoms with Crippen molar-refractivity contribution in [1.82, 2.24) is 25.1 Å². The number of likely N-dealkylation sites (N-methyl/N-ethyl adjacent to an activating group) is 1. The monoisotopic (exact) mass is 257 g/mol. The summed E-state index contributed by atoms with van der Waals surface area (Å²) in [5, 5.41) is 15.9. The van der Waals surface area contributed by atoms with E-state index in [9.17, 15) is 0 Å². The molecule has 0 saturated heterocycles. The van der Waals surface area contributed by atoms with E-state index in [2.05, 4.69) is 20.6 Å². The van der Waals surface area contributed by atoms with Crippen LogP contribution in [0.4, 0.5) is 0 Å². The largest absolute Gasteiger partial charge is 0.460 e. The van der Waals surface area contributed by atoms with Crippen LogP contribution >= 0.6 is 0 Å². The second kappa shape index (κ2) is 4.81. The molecular formula is C13H15N5O. The van der Waals surface area contributed by atoms with Crippen molar-refractivity contribution < 1.29 is 4.42 Å². The molecule has 0 spiro atoms. The number of nitrogens with zero attached hydrogens (tertiary/aromatic N) is 4. The highest BCUT2D eigenvalue weighted by Crippen LogP contribution is 2.20. The number of aromatic nitrogens is 4. The third-order valence-electron chi connectivity index (χ3n) is 2.92. The summed E-state index contributed by atoms with van der Waals surface area (Å²) >= 11 is 0. The Bertz CT molecular complexity index is 700. The SMILES string of the molecule is CNCCc1nnc2ccc(-c3ccc(C)o3)nn12. The van der Waals surface area contributed by atoms with E-state index < -0.39 is 0 Å². The molecule has 0 unspecified atom stereocenters. The lowest BCUT2D eigenvalue weighted by molar-refractivity contribution is 0.544. The predicted octanol–water partition coefficient (Wildman–Crippen LogP) is 1.45. The average Bonchev–Trinajstić information content (AvgIpc) is 3.02. The van der Waals surface area contributed by atoms with Crippen LogP contribution in [-0.4, -0.2) is 33.4 Å². The maximum atomic E-state index is 5.59. The Morgan fingerprint density at radius 1 is 1.21 bits per heavy atom. The van der Waals surface area contributed by atoms with Crippen molar-refractivity contribution in [2.24, 2.45) is 0 Å². The molecule has 0 radical (unpaired) electrons. The molecule has 0 amide bonds. The van der Waals surface area contributed by atoms with Gasteiger partial charge in [-0.3, -0.25) is 0 Å². The molecule has 0 aliphatic carbocycles. The molecule has 6 heteroatoms. The summed E-state index contributed by atoms with van der Waals surface area (Å²) in [4.78, 5) is 0. The fraction of sp³-hybridized carbons (Fsp3) is 0.308. The summed E-state index contributed by atoms with van der Waals surface area (Å²) in [5.74, 6) is 2.47. The van der Waals surface area contributed by atoms with Crippen LogP contribution in [0, 0.1) is 6.92 Å². The Balaban J connectivity index is 2.03. The molecule has 3 aromatic heterocycles. The van der Waals surface area contributed by atoms with Gasteiger partial charge in [-0.05, 0) is 38.2 Å². The highest BCUT2D eigenvalue weighted by molar-refractivity contribution is 5.54. The van der Waals surface area contributed by atoms with E-state index in [0.717, 1.165) is 41.7 Å². The molecule has 0 aliphatic rings. The standard InChI is InChI=1S/C13H15N5O/c1-9-3-5-11(19-9)10-4-6-12-15-16-13(7-8-14-2)18(12)17-10/h3-6,14H,7-8H2,1-2H3. The van der Waals surface area contributed by atoms with Gasteiger partial charge in [0.1, 0.15) is 11.5 Å². The van der Waals surface area contributed by atoms with Crippen LogP contribution in [0.25, 0.3) is 17.1 Å². The quantitative estimate of drug-likeness (QED) is 0.766. The molecular weight excluding hydrogens is 242 g/mol. The molecule has 0 aromatic carbocycles. The summed E-state index contributed by atoms with van der Waals surface area (Å²) in [6, 6.07) is 7.64. The second-order valence-electron chi connectivity index (χ2n) is 4.37. The van der Waals surface area contributed by atoms with Crippen LogP contribution in [0.1, 0.15) is 11.6 Å². The first kappa shape index (κ1) is 11.9. The summed E-state index contributed by atoms with van der Waals surface area (Å²) in [6.45, 7) is 2.76. The number of fused-ring (bicyclic) bond motifs is 1. The minimum Gasteiger partial charge on any atom is -0.460 e. The number of hydrogen-bond acceptors (Lipinski definition) is 5. The fourth-order valence-electron chi connectivity index (χ4n) is 1.93. The predicted molar refractivity (Wildman–Crippen MR) is 70.9 cm³/mol. The van der Waals surface area contributed by atoms with Crippen molar-refractivity contribution in [2.45, 2.75) is 13.3 Å². The van der Waals surface area contributed by atoms with Crippen molar-refractivity contribution >= 4 is 5.65 Å². The lowest BCUT2D eigenvalue weighted by Gasteiger charge is -2.00. The van der Waals surface area contributed by atoms with Crippen molar-refractivity contribution in [3.8, 4) is 11.5 Å².